The second-order valence-electron chi connectivity index (χ2n) is 6.04. The number of aromatic nitrogens is 3. The van der Waals surface area contributed by atoms with E-state index in [-0.39, 0.29) is 5.91 Å². The number of hydrogen-bond acceptors (Lipinski definition) is 4. The lowest BCUT2D eigenvalue weighted by atomic mass is 10.2. The molecule has 1 aromatic carbocycles. The Morgan fingerprint density at radius 2 is 2.08 bits per heavy atom. The van der Waals surface area contributed by atoms with Gasteiger partial charge in [0.1, 0.15) is 5.82 Å². The van der Waals surface area contributed by atoms with Crippen LogP contribution in [0.15, 0.2) is 36.4 Å². The van der Waals surface area contributed by atoms with Gasteiger partial charge in [0.25, 0.3) is 5.91 Å². The quantitative estimate of drug-likeness (QED) is 0.728. The summed E-state index contributed by atoms with van der Waals surface area (Å²) in [5, 5.41) is 11.6. The number of thiophene rings is 1. The fraction of sp³-hybridized carbons (Fsp3) is 0.278. The summed E-state index contributed by atoms with van der Waals surface area (Å²) in [5.41, 5.74) is 1.70. The Labute approximate surface area is 154 Å². The number of carbonyl (C=O) groups excluding carboxylic acids is 1. The average molecular weight is 373 g/mol. The number of anilines is 1. The average Bonchev–Trinajstić information content (AvgIpc) is 3.15. The maximum absolute atomic E-state index is 12.3. The Morgan fingerprint density at radius 3 is 2.92 bits per heavy atom. The van der Waals surface area contributed by atoms with Crippen molar-refractivity contribution in [2.45, 2.75) is 32.2 Å². The summed E-state index contributed by atoms with van der Waals surface area (Å²) in [4.78, 5) is 12.9. The van der Waals surface area contributed by atoms with Gasteiger partial charge in [-0.1, -0.05) is 30.2 Å². The first-order valence-corrected chi connectivity index (χ1v) is 9.49. The van der Waals surface area contributed by atoms with Crippen LogP contribution in [0.3, 0.4) is 0 Å². The molecule has 0 radical (unpaired) electrons. The summed E-state index contributed by atoms with van der Waals surface area (Å²) >= 11 is 7.17. The van der Waals surface area contributed by atoms with Gasteiger partial charge < -0.3 is 9.88 Å². The first-order valence-electron chi connectivity index (χ1n) is 8.30. The number of nitrogens with one attached hydrogen (secondary N) is 1. The van der Waals surface area contributed by atoms with Gasteiger partial charge in [0.05, 0.1) is 9.21 Å². The molecule has 0 fully saturated rings. The SMILES string of the molecule is O=C(Nc1cccc(-c2nnc3n2CCCCC3)c1)c1ccc(Cl)s1. The summed E-state index contributed by atoms with van der Waals surface area (Å²) in [5.74, 6) is 1.76. The molecule has 2 aromatic heterocycles. The molecule has 7 heteroatoms. The molecule has 0 atom stereocenters. The van der Waals surface area contributed by atoms with Gasteiger partial charge in [0.2, 0.25) is 0 Å². The molecule has 0 saturated heterocycles. The number of nitrogens with zero attached hydrogens (tertiary/aromatic N) is 3. The molecular weight excluding hydrogens is 356 g/mol. The summed E-state index contributed by atoms with van der Waals surface area (Å²) in [6.45, 7) is 0.946. The fourth-order valence-corrected chi connectivity index (χ4v) is 4.00. The molecule has 4 rings (SSSR count). The summed E-state index contributed by atoms with van der Waals surface area (Å²) in [6, 6.07) is 11.2. The number of amides is 1. The largest absolute Gasteiger partial charge is 0.321 e. The zero-order chi connectivity index (χ0) is 17.2. The van der Waals surface area contributed by atoms with Crippen LogP contribution in [0.25, 0.3) is 11.4 Å². The second kappa shape index (κ2) is 6.98. The predicted molar refractivity (Wildman–Crippen MR) is 100 cm³/mol. The molecule has 5 nitrogen and oxygen atoms in total. The molecule has 0 saturated carbocycles. The highest BCUT2D eigenvalue weighted by Gasteiger charge is 2.16. The molecule has 1 amide bonds. The Morgan fingerprint density at radius 1 is 1.16 bits per heavy atom. The third kappa shape index (κ3) is 3.45. The Bertz CT molecular complexity index is 917. The minimum absolute atomic E-state index is 0.158. The smallest absolute Gasteiger partial charge is 0.265 e. The van der Waals surface area contributed by atoms with Crippen LogP contribution >= 0.6 is 22.9 Å². The lowest BCUT2D eigenvalue weighted by Crippen LogP contribution is -2.10. The summed E-state index contributed by atoms with van der Waals surface area (Å²) in [6.07, 6.45) is 4.51. The summed E-state index contributed by atoms with van der Waals surface area (Å²) in [7, 11) is 0. The molecule has 3 aromatic rings. The van der Waals surface area contributed by atoms with E-state index in [9.17, 15) is 4.79 Å². The van der Waals surface area contributed by atoms with E-state index in [0.29, 0.717) is 9.21 Å². The van der Waals surface area contributed by atoms with Crippen LogP contribution in [-0.4, -0.2) is 20.7 Å². The van der Waals surface area contributed by atoms with E-state index in [1.54, 1.807) is 12.1 Å². The molecule has 0 bridgehead atoms. The van der Waals surface area contributed by atoms with Gasteiger partial charge in [0, 0.05) is 24.2 Å². The molecule has 1 aliphatic heterocycles. The number of benzene rings is 1. The van der Waals surface area contributed by atoms with E-state index in [2.05, 4.69) is 20.1 Å². The zero-order valence-corrected chi connectivity index (χ0v) is 15.1. The van der Waals surface area contributed by atoms with Crippen LogP contribution in [-0.2, 0) is 13.0 Å². The van der Waals surface area contributed by atoms with E-state index in [1.165, 1.54) is 17.8 Å². The van der Waals surface area contributed by atoms with Crippen molar-refractivity contribution in [1.29, 1.82) is 0 Å². The molecular formula is C18H17ClN4OS. The Balaban J connectivity index is 1.60. The highest BCUT2D eigenvalue weighted by atomic mass is 35.5. The molecule has 0 unspecified atom stereocenters. The minimum atomic E-state index is -0.158. The standard InChI is InChI=1S/C18H17ClN4OS/c19-15-9-8-14(25-15)18(24)20-13-6-4-5-12(11-13)17-22-21-16-7-2-1-3-10-23(16)17/h4-6,8-9,11H,1-3,7,10H2,(H,20,24). The number of carbonyl (C=O) groups is 1. The first kappa shape index (κ1) is 16.3. The molecule has 3 heterocycles. The van der Waals surface area contributed by atoms with Crippen molar-refractivity contribution in [3.63, 3.8) is 0 Å². The number of halogens is 1. The van der Waals surface area contributed by atoms with Crippen LogP contribution in [0.2, 0.25) is 4.34 Å². The van der Waals surface area contributed by atoms with E-state index in [1.807, 2.05) is 24.3 Å². The molecule has 25 heavy (non-hydrogen) atoms. The highest BCUT2D eigenvalue weighted by molar-refractivity contribution is 7.18. The monoisotopic (exact) mass is 372 g/mol. The highest BCUT2D eigenvalue weighted by Crippen LogP contribution is 2.26. The van der Waals surface area contributed by atoms with Crippen molar-refractivity contribution < 1.29 is 4.79 Å². The van der Waals surface area contributed by atoms with Crippen LogP contribution in [0.5, 0.6) is 0 Å². The molecule has 0 spiro atoms. The third-order valence-electron chi connectivity index (χ3n) is 4.29. The van der Waals surface area contributed by atoms with Gasteiger partial charge in [-0.15, -0.1) is 21.5 Å². The van der Waals surface area contributed by atoms with Gasteiger partial charge in [0.15, 0.2) is 5.82 Å². The van der Waals surface area contributed by atoms with Crippen LogP contribution in [0, 0.1) is 0 Å². The first-order chi connectivity index (χ1) is 12.2. The Kier molecular flexibility index (Phi) is 4.55. The van der Waals surface area contributed by atoms with E-state index in [4.69, 9.17) is 11.6 Å². The van der Waals surface area contributed by atoms with Crippen molar-refractivity contribution in [2.24, 2.45) is 0 Å². The molecule has 0 aliphatic carbocycles. The van der Waals surface area contributed by atoms with Crippen LogP contribution in [0.1, 0.15) is 34.8 Å². The number of aryl methyl sites for hydroxylation is 1. The predicted octanol–water partition coefficient (Wildman–Crippen LogP) is 4.64. The maximum Gasteiger partial charge on any atom is 0.265 e. The third-order valence-corrected chi connectivity index (χ3v) is 5.52. The van der Waals surface area contributed by atoms with Crippen molar-refractivity contribution in [1.82, 2.24) is 14.8 Å². The van der Waals surface area contributed by atoms with Crippen LogP contribution in [0.4, 0.5) is 5.69 Å². The van der Waals surface area contributed by atoms with Crippen molar-refractivity contribution in [3.05, 3.63) is 51.4 Å². The van der Waals surface area contributed by atoms with Gasteiger partial charge >= 0.3 is 0 Å². The molecule has 1 N–H and O–H groups in total. The fourth-order valence-electron chi connectivity index (χ4n) is 3.06. The van der Waals surface area contributed by atoms with E-state index < -0.39 is 0 Å². The lowest BCUT2D eigenvalue weighted by molar-refractivity contribution is 0.103. The van der Waals surface area contributed by atoms with Crippen molar-refractivity contribution >= 4 is 34.5 Å². The minimum Gasteiger partial charge on any atom is -0.321 e. The normalized spacial score (nSPS) is 14.0. The number of rotatable bonds is 3. The van der Waals surface area contributed by atoms with Gasteiger partial charge in [-0.2, -0.15) is 0 Å². The molecule has 1 aliphatic rings. The number of hydrogen-bond donors (Lipinski definition) is 1. The van der Waals surface area contributed by atoms with Crippen molar-refractivity contribution in [3.8, 4) is 11.4 Å². The summed E-state index contributed by atoms with van der Waals surface area (Å²) < 4.78 is 2.80. The Hall–Kier alpha value is -2.18. The van der Waals surface area contributed by atoms with Crippen molar-refractivity contribution in [2.75, 3.05) is 5.32 Å². The topological polar surface area (TPSA) is 59.8 Å². The maximum atomic E-state index is 12.3. The number of fused-ring (bicyclic) bond motifs is 1. The van der Waals surface area contributed by atoms with Crippen LogP contribution < -0.4 is 5.32 Å². The van der Waals surface area contributed by atoms with E-state index >= 15 is 0 Å². The van der Waals surface area contributed by atoms with Gasteiger partial charge in [-0.25, -0.2) is 0 Å². The molecule has 128 valence electrons. The second-order valence-corrected chi connectivity index (χ2v) is 7.76. The van der Waals surface area contributed by atoms with E-state index in [0.717, 1.165) is 48.7 Å². The van der Waals surface area contributed by atoms with Gasteiger partial charge in [-0.3, -0.25) is 4.79 Å². The zero-order valence-electron chi connectivity index (χ0n) is 13.5. The van der Waals surface area contributed by atoms with Gasteiger partial charge in [-0.05, 0) is 37.1 Å². The lowest BCUT2D eigenvalue weighted by Gasteiger charge is -2.09.